The Hall–Kier alpha value is -2.48. The zero-order valence-corrected chi connectivity index (χ0v) is 10.9. The van der Waals surface area contributed by atoms with Crippen LogP contribution >= 0.6 is 0 Å². The Bertz CT molecular complexity index is 532. The number of carboxylic acid groups (broad SMARTS) is 1. The average Bonchev–Trinajstić information content (AvgIpc) is 2.28. The van der Waals surface area contributed by atoms with Crippen molar-refractivity contribution in [2.24, 2.45) is 0 Å². The molecule has 1 aromatic carbocycles. The van der Waals surface area contributed by atoms with Gasteiger partial charge in [0.15, 0.2) is 0 Å². The normalized spacial score (nSPS) is 11.2. The molecular weight excluding hydrogens is 244 g/mol. The van der Waals surface area contributed by atoms with Gasteiger partial charge in [0.2, 0.25) is 0 Å². The summed E-state index contributed by atoms with van der Waals surface area (Å²) in [7, 11) is 0. The van der Waals surface area contributed by atoms with Gasteiger partial charge in [0.25, 0.3) is 0 Å². The second-order valence-electron chi connectivity index (χ2n) is 4.21. The molecule has 0 fully saturated rings. The predicted octanol–water partition coefficient (Wildman–Crippen LogP) is 2.23. The summed E-state index contributed by atoms with van der Waals surface area (Å²) in [5.74, 6) is 1.36. The molecule has 0 aromatic heterocycles. The lowest BCUT2D eigenvalue weighted by Gasteiger charge is -2.14. The Balaban J connectivity index is 2.83. The van der Waals surface area contributed by atoms with Gasteiger partial charge >= 0.3 is 12.0 Å². The molecule has 0 saturated heterocycles. The number of carbonyl (C=O) groups is 2. The highest BCUT2D eigenvalue weighted by Crippen LogP contribution is 2.19. The molecule has 0 aliphatic carbocycles. The van der Waals surface area contributed by atoms with Crippen molar-refractivity contribution in [2.45, 2.75) is 26.3 Å². The Kier molecular flexibility index (Phi) is 4.95. The molecule has 19 heavy (non-hydrogen) atoms. The van der Waals surface area contributed by atoms with E-state index in [2.05, 4.69) is 16.6 Å². The van der Waals surface area contributed by atoms with Crippen LogP contribution in [0.15, 0.2) is 18.2 Å². The third kappa shape index (κ3) is 4.03. The van der Waals surface area contributed by atoms with Crippen molar-refractivity contribution in [3.05, 3.63) is 29.3 Å². The lowest BCUT2D eigenvalue weighted by atomic mass is 10.1. The molecule has 1 rings (SSSR count). The summed E-state index contributed by atoms with van der Waals surface area (Å²) in [6, 6.07) is 4.25. The van der Waals surface area contributed by atoms with Crippen LogP contribution in [0.5, 0.6) is 0 Å². The first kappa shape index (κ1) is 14.6. The molecular formula is C14H16N2O3. The highest BCUT2D eigenvalue weighted by molar-refractivity contribution is 6.01. The summed E-state index contributed by atoms with van der Waals surface area (Å²) in [5.41, 5.74) is 0.933. The number of benzene rings is 1. The maximum Gasteiger partial charge on any atom is 0.338 e. The summed E-state index contributed by atoms with van der Waals surface area (Å²) >= 11 is 0. The van der Waals surface area contributed by atoms with E-state index in [0.717, 1.165) is 0 Å². The fraction of sp³-hybridized carbons (Fsp3) is 0.286. The van der Waals surface area contributed by atoms with E-state index in [1.807, 2.05) is 0 Å². The van der Waals surface area contributed by atoms with Crippen LogP contribution in [0.4, 0.5) is 10.5 Å². The fourth-order valence-electron chi connectivity index (χ4n) is 1.67. The van der Waals surface area contributed by atoms with Crippen molar-refractivity contribution in [3.8, 4) is 12.3 Å². The monoisotopic (exact) mass is 260 g/mol. The summed E-state index contributed by atoms with van der Waals surface area (Å²) in [6.45, 7) is 3.45. The molecule has 100 valence electrons. The van der Waals surface area contributed by atoms with E-state index in [9.17, 15) is 9.59 Å². The van der Waals surface area contributed by atoms with Crippen LogP contribution in [-0.2, 0) is 0 Å². The molecule has 0 radical (unpaired) electrons. The van der Waals surface area contributed by atoms with Crippen molar-refractivity contribution >= 4 is 17.7 Å². The first-order chi connectivity index (χ1) is 8.95. The van der Waals surface area contributed by atoms with Crippen LogP contribution in [0.3, 0.4) is 0 Å². The van der Waals surface area contributed by atoms with E-state index in [0.29, 0.717) is 12.0 Å². The molecule has 0 aliphatic rings. The third-order valence-electron chi connectivity index (χ3n) is 2.54. The van der Waals surface area contributed by atoms with E-state index >= 15 is 0 Å². The van der Waals surface area contributed by atoms with Crippen LogP contribution in [0.2, 0.25) is 0 Å². The van der Waals surface area contributed by atoms with Crippen LogP contribution in [0, 0.1) is 19.3 Å². The number of nitrogens with one attached hydrogen (secondary N) is 2. The van der Waals surface area contributed by atoms with Gasteiger partial charge in [-0.15, -0.1) is 12.3 Å². The summed E-state index contributed by atoms with van der Waals surface area (Å²) in [4.78, 5) is 22.9. The average molecular weight is 260 g/mol. The van der Waals surface area contributed by atoms with Gasteiger partial charge in [-0.25, -0.2) is 9.59 Å². The first-order valence-electron chi connectivity index (χ1n) is 5.79. The largest absolute Gasteiger partial charge is 0.478 e. The van der Waals surface area contributed by atoms with Crippen molar-refractivity contribution in [3.63, 3.8) is 0 Å². The molecule has 0 heterocycles. The molecule has 0 bridgehead atoms. The number of aryl methyl sites for hydroxylation is 1. The molecule has 3 N–H and O–H groups in total. The highest BCUT2D eigenvalue weighted by atomic mass is 16.4. The van der Waals surface area contributed by atoms with Crippen LogP contribution in [0.1, 0.15) is 29.3 Å². The minimum absolute atomic E-state index is 0.0854. The first-order valence-corrected chi connectivity index (χ1v) is 5.79. The van der Waals surface area contributed by atoms with Crippen LogP contribution in [0.25, 0.3) is 0 Å². The van der Waals surface area contributed by atoms with Gasteiger partial charge in [0, 0.05) is 12.5 Å². The molecule has 0 aliphatic heterocycles. The van der Waals surface area contributed by atoms with Gasteiger partial charge in [0.1, 0.15) is 0 Å². The predicted molar refractivity (Wildman–Crippen MR) is 73.2 cm³/mol. The minimum atomic E-state index is -1.08. The van der Waals surface area contributed by atoms with Crippen LogP contribution in [-0.4, -0.2) is 23.1 Å². The van der Waals surface area contributed by atoms with E-state index in [1.165, 1.54) is 0 Å². The molecule has 0 saturated carbocycles. The number of carbonyl (C=O) groups excluding carboxylic acids is 1. The van der Waals surface area contributed by atoms with Gasteiger partial charge in [0.05, 0.1) is 11.3 Å². The van der Waals surface area contributed by atoms with Gasteiger partial charge in [-0.1, -0.05) is 12.1 Å². The number of anilines is 1. The Morgan fingerprint density at radius 1 is 1.47 bits per heavy atom. The maximum atomic E-state index is 11.7. The number of amides is 2. The second kappa shape index (κ2) is 6.45. The van der Waals surface area contributed by atoms with E-state index in [-0.39, 0.29) is 17.3 Å². The number of hydrogen-bond donors (Lipinski definition) is 3. The van der Waals surface area contributed by atoms with Gasteiger partial charge in [-0.05, 0) is 25.5 Å². The molecule has 5 heteroatoms. The molecule has 0 spiro atoms. The number of urea groups is 1. The molecule has 1 aromatic rings. The third-order valence-corrected chi connectivity index (χ3v) is 2.54. The lowest BCUT2D eigenvalue weighted by Crippen LogP contribution is -2.36. The zero-order valence-electron chi connectivity index (χ0n) is 10.9. The van der Waals surface area contributed by atoms with Crippen molar-refractivity contribution in [1.29, 1.82) is 0 Å². The fourth-order valence-corrected chi connectivity index (χ4v) is 1.67. The number of carboxylic acids is 1. The zero-order chi connectivity index (χ0) is 14.4. The molecule has 2 amide bonds. The molecule has 1 atom stereocenters. The van der Waals surface area contributed by atoms with Crippen LogP contribution < -0.4 is 10.6 Å². The second-order valence-corrected chi connectivity index (χ2v) is 4.21. The van der Waals surface area contributed by atoms with E-state index < -0.39 is 12.0 Å². The number of rotatable bonds is 4. The van der Waals surface area contributed by atoms with Gasteiger partial charge < -0.3 is 15.7 Å². The van der Waals surface area contributed by atoms with E-state index in [1.54, 1.807) is 32.0 Å². The molecule has 1 unspecified atom stereocenters. The lowest BCUT2D eigenvalue weighted by molar-refractivity contribution is 0.0697. The van der Waals surface area contributed by atoms with Crippen molar-refractivity contribution in [2.75, 3.05) is 5.32 Å². The molecule has 5 nitrogen and oxygen atoms in total. The number of aromatic carboxylic acids is 1. The van der Waals surface area contributed by atoms with Crippen molar-refractivity contribution in [1.82, 2.24) is 5.32 Å². The highest BCUT2D eigenvalue weighted by Gasteiger charge is 2.15. The quantitative estimate of drug-likeness (QED) is 0.726. The van der Waals surface area contributed by atoms with Gasteiger partial charge in [-0.3, -0.25) is 0 Å². The summed E-state index contributed by atoms with van der Waals surface area (Å²) < 4.78 is 0. The smallest absolute Gasteiger partial charge is 0.338 e. The number of terminal acetylenes is 1. The number of hydrogen-bond acceptors (Lipinski definition) is 2. The topological polar surface area (TPSA) is 78.4 Å². The van der Waals surface area contributed by atoms with Gasteiger partial charge in [-0.2, -0.15) is 0 Å². The SMILES string of the molecule is C#CCC(C)NC(=O)Nc1cccc(C)c1C(=O)O. The minimum Gasteiger partial charge on any atom is -0.478 e. The van der Waals surface area contributed by atoms with E-state index in [4.69, 9.17) is 11.5 Å². The summed E-state index contributed by atoms with van der Waals surface area (Å²) in [6.07, 6.45) is 5.55. The standard InChI is InChI=1S/C14H16N2O3/c1-4-6-10(3)15-14(19)16-11-8-5-7-9(2)12(11)13(17)18/h1,5,7-8,10H,6H2,2-3H3,(H,17,18)(H2,15,16,19). The Morgan fingerprint density at radius 2 is 2.16 bits per heavy atom. The Morgan fingerprint density at radius 3 is 2.74 bits per heavy atom. The Labute approximate surface area is 112 Å². The summed E-state index contributed by atoms with van der Waals surface area (Å²) in [5, 5.41) is 14.3. The maximum absolute atomic E-state index is 11.7. The van der Waals surface area contributed by atoms with Crippen molar-refractivity contribution < 1.29 is 14.7 Å².